The summed E-state index contributed by atoms with van der Waals surface area (Å²) in [7, 11) is -13.6. The highest BCUT2D eigenvalue weighted by atomic mass is 28.3. The molecular weight excluding hydrogens is 1150 g/mol. The third kappa shape index (κ3) is 13.7. The van der Waals surface area contributed by atoms with Gasteiger partial charge >= 0.3 is 0 Å². The average Bonchev–Trinajstić information content (AvgIpc) is 0.703. The van der Waals surface area contributed by atoms with Crippen LogP contribution in [0.5, 0.6) is 0 Å². The van der Waals surface area contributed by atoms with E-state index in [9.17, 15) is 0 Å². The van der Waals surface area contributed by atoms with Crippen LogP contribution >= 0.6 is 0 Å². The molecule has 0 amide bonds. The summed E-state index contributed by atoms with van der Waals surface area (Å²) < 4.78 is 0. The second-order valence-electron chi connectivity index (χ2n) is 33.3. The molecule has 0 nitrogen and oxygen atoms in total. The first-order valence-electron chi connectivity index (χ1n) is 35.5. The maximum absolute atomic E-state index is 4.38. The maximum atomic E-state index is 4.38. The smallest absolute Gasteiger partial charge is 0.125 e. The van der Waals surface area contributed by atoms with Crippen LogP contribution in [0.4, 0.5) is 0 Å². The Labute approximate surface area is 552 Å². The van der Waals surface area contributed by atoms with Crippen molar-refractivity contribution in [2.75, 3.05) is 0 Å². The highest BCUT2D eigenvalue weighted by molar-refractivity contribution is 6.93. The van der Waals surface area contributed by atoms with Gasteiger partial charge in [-0.2, -0.15) is 0 Å². The number of hydrogen-bond acceptors (Lipinski definition) is 0. The van der Waals surface area contributed by atoms with Gasteiger partial charge in [0.05, 0.1) is 0 Å². The van der Waals surface area contributed by atoms with Crippen molar-refractivity contribution in [3.05, 3.63) is 57.6 Å². The lowest BCUT2D eigenvalue weighted by Crippen LogP contribution is -2.43. The Morgan fingerprint density at radius 3 is 0.409 bits per heavy atom. The van der Waals surface area contributed by atoms with Crippen molar-refractivity contribution in [1.29, 1.82) is 0 Å². The molecule has 88 heavy (non-hydrogen) atoms. The van der Waals surface area contributed by atoms with E-state index in [0.717, 1.165) is 33.4 Å². The van der Waals surface area contributed by atoms with Crippen LogP contribution in [0.2, 0.25) is 99.7 Å². The zero-order valence-corrected chi connectivity index (χ0v) is 69.7. The van der Waals surface area contributed by atoms with Crippen molar-refractivity contribution in [1.82, 2.24) is 0 Å². The molecule has 482 valence electrons. The summed E-state index contributed by atoms with van der Waals surface area (Å²) in [4.78, 5) is 0. The van der Waals surface area contributed by atoms with Crippen molar-refractivity contribution >= 4 is 80.8 Å². The lowest BCUT2D eigenvalue weighted by Gasteiger charge is -2.38. The van der Waals surface area contributed by atoms with Crippen LogP contribution in [0.1, 0.15) is 283 Å². The van der Waals surface area contributed by atoms with Crippen molar-refractivity contribution in [2.45, 2.75) is 349 Å². The Morgan fingerprint density at radius 2 is 0.295 bits per heavy atom. The van der Waals surface area contributed by atoms with Gasteiger partial charge in [-0.3, -0.25) is 0 Å². The van der Waals surface area contributed by atoms with Crippen LogP contribution in [0.25, 0.3) is 32.3 Å². The van der Waals surface area contributed by atoms with E-state index in [1.54, 1.807) is 0 Å². The first kappa shape index (κ1) is 77.0. The summed E-state index contributed by atoms with van der Waals surface area (Å²) in [6, 6.07) is 9.94. The van der Waals surface area contributed by atoms with E-state index in [-0.39, 0.29) is 0 Å². The lowest BCUT2D eigenvalue weighted by molar-refractivity contribution is 0.838. The Kier molecular flexibility index (Phi) is 26.0. The van der Waals surface area contributed by atoms with Gasteiger partial charge in [0.1, 0.15) is 48.4 Å². The molecule has 0 spiro atoms. The summed E-state index contributed by atoms with van der Waals surface area (Å²) in [5, 5.41) is 7.19. The van der Waals surface area contributed by atoms with Gasteiger partial charge in [0, 0.05) is 65.7 Å². The highest BCUT2D eigenvalue weighted by Crippen LogP contribution is 2.50. The van der Waals surface area contributed by atoms with E-state index in [1.807, 2.05) is 0 Å². The predicted molar refractivity (Wildman–Crippen MR) is 418 cm³/mol. The minimum Gasteiger partial charge on any atom is -0.125 e. The van der Waals surface area contributed by atoms with Gasteiger partial charge in [-0.15, -0.1) is 33.3 Å². The molecule has 4 aromatic rings. The second kappa shape index (κ2) is 29.7. The molecule has 0 fully saturated rings. The SMILES string of the molecule is CC(C)[Si](C#Cc1cc2c(C#C[Si](C(C)C)(C(C)C)C(C)C)c(C#C[Si](C(C)C)(C(C)C)C(C)C)c3cc(C#C[Si](C(C)C)(C(C)C)C(C)C)cc4c(C#C[Si](C(C)C)(C(C)C)C(C)C)c(C#C[Si](C(C)C)(C(C)C)C(C)C)c(c1)c2c34)(C(C)C)C(C)C. The second-order valence-corrected chi connectivity index (χ2v) is 66.8. The Bertz CT molecular complexity index is 2940. The van der Waals surface area contributed by atoms with Gasteiger partial charge < -0.3 is 0 Å². The molecule has 0 radical (unpaired) electrons. The highest BCUT2D eigenvalue weighted by Gasteiger charge is 2.47. The third-order valence-corrected chi connectivity index (χ3v) is 61.5. The fourth-order valence-corrected chi connectivity index (χ4v) is 50.7. The Morgan fingerprint density at radius 1 is 0.182 bits per heavy atom. The summed E-state index contributed by atoms with van der Waals surface area (Å²) in [5.41, 5.74) is 40.9. The molecule has 0 saturated carbocycles. The topological polar surface area (TPSA) is 0 Å². The van der Waals surface area contributed by atoms with Gasteiger partial charge in [0.2, 0.25) is 0 Å². The fraction of sp³-hybridized carbons (Fsp3) is 0.659. The van der Waals surface area contributed by atoms with E-state index in [4.69, 9.17) is 0 Å². The molecular formula is C82H130Si6. The van der Waals surface area contributed by atoms with Gasteiger partial charge in [-0.25, -0.2) is 0 Å². The zero-order valence-electron chi connectivity index (χ0n) is 63.7. The molecule has 0 heterocycles. The van der Waals surface area contributed by atoms with Gasteiger partial charge in [-0.05, 0) is 124 Å². The molecule has 6 heteroatoms. The predicted octanol–water partition coefficient (Wildman–Crippen LogP) is 26.0. The largest absolute Gasteiger partial charge is 0.146 e. The fourth-order valence-electron chi connectivity index (χ4n) is 19.5. The van der Waals surface area contributed by atoms with Gasteiger partial charge in [0.15, 0.2) is 0 Å². The standard InChI is InChI=1S/C82H130Si6/c1-53(2)83(54(3)4,55(5)6)43-37-71-49-77-73(39-45-85(59(13)14,60(15)16)61(17)18)75(41-47-87(65(25)26,66(27)28)67(29)30)79-51-72(38-44-84(56(7)8,57(9)10)58(11)12)52-80-76(42-48-88(68(31)32,69(33)34)70(35)36)74(78(50-71)81(77)82(79)80)40-46-86(62(19)20,63(21)22)64(23)24/h49-70H,1-36H3. The van der Waals surface area contributed by atoms with Gasteiger partial charge in [0.25, 0.3) is 0 Å². The first-order valence-corrected chi connectivity index (χ1v) is 48.9. The molecule has 0 aromatic heterocycles. The molecule has 0 N–H and O–H groups in total. The molecule has 0 saturated heterocycles. The van der Waals surface area contributed by atoms with E-state index < -0.39 is 48.4 Å². The molecule has 0 aliphatic rings. The molecule has 0 aliphatic carbocycles. The number of rotatable bonds is 18. The van der Waals surface area contributed by atoms with Crippen molar-refractivity contribution in [3.63, 3.8) is 0 Å². The normalized spacial score (nSPS) is 13.4. The van der Waals surface area contributed by atoms with Crippen LogP contribution in [0.3, 0.4) is 0 Å². The molecule has 0 unspecified atom stereocenters. The lowest BCUT2D eigenvalue weighted by atomic mass is 9.82. The van der Waals surface area contributed by atoms with E-state index >= 15 is 0 Å². The molecule has 0 bridgehead atoms. The van der Waals surface area contributed by atoms with Crippen LogP contribution in [-0.2, 0) is 0 Å². The molecule has 0 aliphatic heterocycles. The minimum atomic E-state index is -2.31. The number of benzene rings is 4. The maximum Gasteiger partial charge on any atom is 0.146 e. The third-order valence-electron chi connectivity index (χ3n) is 23.8. The van der Waals surface area contributed by atoms with E-state index in [1.165, 1.54) is 32.3 Å². The van der Waals surface area contributed by atoms with Crippen molar-refractivity contribution in [3.8, 4) is 68.8 Å². The van der Waals surface area contributed by atoms with Crippen molar-refractivity contribution in [2.24, 2.45) is 0 Å². The molecule has 0 atom stereocenters. The summed E-state index contributed by atoms with van der Waals surface area (Å²) >= 11 is 0. The summed E-state index contributed by atoms with van der Waals surface area (Å²) in [6.45, 7) is 88.4. The Hall–Kier alpha value is -3.42. The molecule has 4 rings (SSSR count). The quantitative estimate of drug-likeness (QED) is 0.0529. The Balaban J connectivity index is 2.95. The van der Waals surface area contributed by atoms with Gasteiger partial charge in [-0.1, -0.05) is 285 Å². The monoisotopic (exact) mass is 1280 g/mol. The van der Waals surface area contributed by atoms with Crippen LogP contribution < -0.4 is 0 Å². The first-order chi connectivity index (χ1) is 40.5. The van der Waals surface area contributed by atoms with Crippen LogP contribution in [0.15, 0.2) is 24.3 Å². The van der Waals surface area contributed by atoms with E-state index in [0.29, 0.717) is 99.7 Å². The van der Waals surface area contributed by atoms with E-state index in [2.05, 4.69) is 342 Å². The zero-order chi connectivity index (χ0) is 67.6. The van der Waals surface area contributed by atoms with Crippen molar-refractivity contribution < 1.29 is 0 Å². The summed E-state index contributed by atoms with van der Waals surface area (Å²) in [6.07, 6.45) is 0. The average molecular weight is 1280 g/mol. The minimum absolute atomic E-state index is 0.457. The van der Waals surface area contributed by atoms with Crippen LogP contribution in [0, 0.1) is 68.8 Å². The number of hydrogen-bond donors (Lipinski definition) is 0. The van der Waals surface area contributed by atoms with Crippen LogP contribution in [-0.4, -0.2) is 48.4 Å². The molecule has 4 aromatic carbocycles. The summed E-state index contributed by atoms with van der Waals surface area (Å²) in [5.74, 6) is 25.4.